The molecule has 0 radical (unpaired) electrons. The van der Waals surface area contributed by atoms with Crippen LogP contribution in [0.4, 0.5) is 8.78 Å². The van der Waals surface area contributed by atoms with Gasteiger partial charge in [-0.1, -0.05) is 92.7 Å². The second-order valence-electron chi connectivity index (χ2n) is 12.3. The zero-order valence-corrected chi connectivity index (χ0v) is 29.5. The van der Waals surface area contributed by atoms with Gasteiger partial charge in [-0.3, -0.25) is 9.80 Å². The highest BCUT2D eigenvalue weighted by atomic mass is 19.3. The Kier molecular flexibility index (Phi) is 13.7. The Morgan fingerprint density at radius 3 is 1.80 bits per heavy atom. The number of allylic oxidation sites excluding steroid dienone is 2. The molecule has 9 nitrogen and oxygen atoms in total. The molecular weight excluding hydrogens is 656 g/mol. The third-order valence-electron chi connectivity index (χ3n) is 9.29. The maximum absolute atomic E-state index is 14.1. The summed E-state index contributed by atoms with van der Waals surface area (Å²) >= 11 is 0. The number of piperazine rings is 1. The first-order valence-corrected chi connectivity index (χ1v) is 17.5. The molecule has 0 spiro atoms. The minimum Gasteiger partial charge on any atom is -0.461 e. The Balaban J connectivity index is 1.32. The molecule has 5 rings (SSSR count). The van der Waals surface area contributed by atoms with E-state index in [4.69, 9.17) is 18.9 Å². The van der Waals surface area contributed by atoms with Gasteiger partial charge < -0.3 is 24.3 Å². The number of alkyl halides is 2. The van der Waals surface area contributed by atoms with Crippen LogP contribution in [0.2, 0.25) is 0 Å². The van der Waals surface area contributed by atoms with E-state index in [0.717, 1.165) is 26.2 Å². The molecule has 1 unspecified atom stereocenters. The molecular formula is C40H47F2N3O6. The summed E-state index contributed by atoms with van der Waals surface area (Å²) in [6.45, 7) is 4.65. The number of carbonyl (C=O) groups is 2. The Bertz CT molecular complexity index is 1620. The highest BCUT2D eigenvalue weighted by molar-refractivity contribution is 6.00. The number of dihydropyridines is 1. The van der Waals surface area contributed by atoms with Crippen molar-refractivity contribution < 1.29 is 37.3 Å². The largest absolute Gasteiger partial charge is 0.461 e. The molecule has 0 aliphatic carbocycles. The molecule has 0 aromatic heterocycles. The minimum absolute atomic E-state index is 0.0213. The van der Waals surface area contributed by atoms with Crippen molar-refractivity contribution >= 4 is 11.9 Å². The van der Waals surface area contributed by atoms with Gasteiger partial charge in [-0.15, -0.1) is 0 Å². The number of ether oxygens (including phenoxy) is 4. The van der Waals surface area contributed by atoms with Gasteiger partial charge in [-0.05, 0) is 30.0 Å². The first kappa shape index (κ1) is 37.7. The summed E-state index contributed by atoms with van der Waals surface area (Å²) in [6.07, 6.45) is 0.802. The second kappa shape index (κ2) is 18.6. The fourth-order valence-corrected chi connectivity index (χ4v) is 6.85. The highest BCUT2D eigenvalue weighted by Crippen LogP contribution is 2.44. The zero-order chi connectivity index (χ0) is 36.2. The summed E-state index contributed by atoms with van der Waals surface area (Å²) in [4.78, 5) is 32.5. The van der Waals surface area contributed by atoms with E-state index < -0.39 is 24.5 Å². The maximum Gasteiger partial charge on any atom is 0.387 e. The lowest BCUT2D eigenvalue weighted by molar-refractivity contribution is -0.141. The molecule has 2 aliphatic heterocycles. The highest BCUT2D eigenvalue weighted by Gasteiger charge is 2.41. The van der Waals surface area contributed by atoms with E-state index >= 15 is 0 Å². The molecule has 0 amide bonds. The van der Waals surface area contributed by atoms with Crippen LogP contribution in [0.1, 0.15) is 55.3 Å². The Morgan fingerprint density at radius 2 is 1.27 bits per heavy atom. The molecule has 51 heavy (non-hydrogen) atoms. The summed E-state index contributed by atoms with van der Waals surface area (Å²) in [6, 6.07) is 27.3. The van der Waals surface area contributed by atoms with Gasteiger partial charge in [0, 0.05) is 56.8 Å². The predicted molar refractivity (Wildman–Crippen MR) is 190 cm³/mol. The van der Waals surface area contributed by atoms with Gasteiger partial charge in [0.25, 0.3) is 0 Å². The lowest BCUT2D eigenvalue weighted by atomic mass is 9.79. The molecule has 0 saturated carbocycles. The Labute approximate surface area is 298 Å². The maximum atomic E-state index is 14.1. The number of nitrogens with zero attached hydrogens (tertiary/aromatic N) is 2. The predicted octanol–water partition coefficient (Wildman–Crippen LogP) is 6.44. The third-order valence-corrected chi connectivity index (χ3v) is 9.29. The van der Waals surface area contributed by atoms with Crippen molar-refractivity contribution in [1.29, 1.82) is 0 Å². The van der Waals surface area contributed by atoms with E-state index in [-0.39, 0.29) is 48.3 Å². The van der Waals surface area contributed by atoms with E-state index in [1.54, 1.807) is 18.2 Å². The van der Waals surface area contributed by atoms with E-state index in [1.807, 2.05) is 26.0 Å². The monoisotopic (exact) mass is 703 g/mol. The van der Waals surface area contributed by atoms with Crippen LogP contribution in [-0.4, -0.2) is 88.0 Å². The van der Waals surface area contributed by atoms with Crippen LogP contribution >= 0.6 is 0 Å². The average Bonchev–Trinajstić information content (AvgIpc) is 3.15. The molecule has 3 aromatic rings. The van der Waals surface area contributed by atoms with Crippen molar-refractivity contribution in [1.82, 2.24) is 15.1 Å². The lowest BCUT2D eigenvalue weighted by Gasteiger charge is -2.39. The topological polar surface area (TPSA) is 89.6 Å². The average molecular weight is 704 g/mol. The fraction of sp³-hybridized carbons (Fsp3) is 0.400. The van der Waals surface area contributed by atoms with Gasteiger partial charge in [0.05, 0.1) is 29.7 Å². The molecule has 2 aliphatic rings. The smallest absolute Gasteiger partial charge is 0.387 e. The van der Waals surface area contributed by atoms with Crippen molar-refractivity contribution in [2.24, 2.45) is 0 Å². The molecule has 11 heteroatoms. The van der Waals surface area contributed by atoms with Gasteiger partial charge in [-0.25, -0.2) is 9.59 Å². The van der Waals surface area contributed by atoms with E-state index in [0.29, 0.717) is 30.8 Å². The molecule has 0 bridgehead atoms. The molecule has 1 atom stereocenters. The molecule has 1 fully saturated rings. The van der Waals surface area contributed by atoms with E-state index in [2.05, 4.69) is 63.6 Å². The lowest BCUT2D eigenvalue weighted by Crippen LogP contribution is -2.48. The zero-order valence-electron chi connectivity index (χ0n) is 29.5. The molecule has 3 aromatic carbocycles. The Morgan fingerprint density at radius 1 is 0.745 bits per heavy atom. The van der Waals surface area contributed by atoms with Crippen molar-refractivity contribution in [2.75, 3.05) is 59.7 Å². The third kappa shape index (κ3) is 9.40. The first-order chi connectivity index (χ1) is 24.9. The fourth-order valence-electron chi connectivity index (χ4n) is 6.85. The van der Waals surface area contributed by atoms with Gasteiger partial charge in [-0.2, -0.15) is 8.78 Å². The molecule has 1 N–H and O–H groups in total. The quantitative estimate of drug-likeness (QED) is 0.134. The number of rotatable bonds is 16. The van der Waals surface area contributed by atoms with E-state index in [1.165, 1.54) is 24.3 Å². The number of esters is 2. The molecule has 272 valence electrons. The molecule has 1 saturated heterocycles. The van der Waals surface area contributed by atoms with Crippen LogP contribution in [0, 0.1) is 0 Å². The number of methoxy groups -OCH3 is 1. The van der Waals surface area contributed by atoms with Crippen molar-refractivity contribution in [3.05, 3.63) is 124 Å². The number of hydrogen-bond donors (Lipinski definition) is 1. The van der Waals surface area contributed by atoms with Crippen molar-refractivity contribution in [3.8, 4) is 5.75 Å². The number of halogens is 2. The van der Waals surface area contributed by atoms with E-state index in [9.17, 15) is 18.4 Å². The van der Waals surface area contributed by atoms with Gasteiger partial charge in [0.15, 0.2) is 0 Å². The molecule has 2 heterocycles. The van der Waals surface area contributed by atoms with Crippen LogP contribution in [0.25, 0.3) is 0 Å². The number of benzene rings is 3. The van der Waals surface area contributed by atoms with Gasteiger partial charge in [0.1, 0.15) is 19.0 Å². The van der Waals surface area contributed by atoms with Crippen LogP contribution in [0.3, 0.4) is 0 Å². The standard InChI is InChI=1S/C40H47F2N3O6/c1-4-31-35(34(30-18-12-13-19-33(30)51-40(41)42)36(32(5-2)43-31)39(47)50-27-26-48-3)38(46)49-25-24-44-20-22-45(23-21-44)37(28-14-8-6-9-15-28)29-16-10-7-11-17-29/h6-19,34,37,40,43H,4-5,20-27H2,1-3H3. The van der Waals surface area contributed by atoms with Crippen molar-refractivity contribution in [3.63, 3.8) is 0 Å². The number of nitrogens with one attached hydrogen (secondary N) is 1. The number of para-hydroxylation sites is 1. The summed E-state index contributed by atoms with van der Waals surface area (Å²) in [5, 5.41) is 3.27. The van der Waals surface area contributed by atoms with Crippen molar-refractivity contribution in [2.45, 2.75) is 45.3 Å². The minimum atomic E-state index is -3.11. The summed E-state index contributed by atoms with van der Waals surface area (Å²) in [7, 11) is 1.49. The van der Waals surface area contributed by atoms with Gasteiger partial charge >= 0.3 is 18.6 Å². The Hall–Kier alpha value is -4.58. The number of hydrogen-bond acceptors (Lipinski definition) is 9. The first-order valence-electron chi connectivity index (χ1n) is 17.5. The second-order valence-corrected chi connectivity index (χ2v) is 12.3. The van der Waals surface area contributed by atoms with Crippen LogP contribution in [0.15, 0.2) is 107 Å². The number of carbonyl (C=O) groups excluding carboxylic acids is 2. The summed E-state index contributed by atoms with van der Waals surface area (Å²) < 4.78 is 48.6. The summed E-state index contributed by atoms with van der Waals surface area (Å²) in [5.74, 6) is -2.53. The van der Waals surface area contributed by atoms with Crippen LogP contribution in [-0.2, 0) is 23.8 Å². The SMILES string of the molecule is CCC1=C(C(=O)OCCOC)C(c2ccccc2OC(F)F)C(C(=O)OCCN2CCN(C(c3ccccc3)c3ccccc3)CC2)=C(CC)N1. The van der Waals surface area contributed by atoms with Gasteiger partial charge in [0.2, 0.25) is 0 Å². The summed E-state index contributed by atoms with van der Waals surface area (Å²) in [5.41, 5.74) is 4.11. The van der Waals surface area contributed by atoms with Crippen LogP contribution < -0.4 is 10.1 Å². The normalized spacial score (nSPS) is 17.1. The van der Waals surface area contributed by atoms with Crippen LogP contribution in [0.5, 0.6) is 5.75 Å².